The Morgan fingerprint density at radius 1 is 1.05 bits per heavy atom. The van der Waals surface area contributed by atoms with Gasteiger partial charge >= 0.3 is 0 Å². The molecule has 106 valence electrons. The molecule has 3 nitrogen and oxygen atoms in total. The molecule has 0 aliphatic heterocycles. The third kappa shape index (κ3) is 4.67. The molecule has 0 unspecified atom stereocenters. The summed E-state index contributed by atoms with van der Waals surface area (Å²) in [6.45, 7) is 6.73. The molecule has 1 N–H and O–H groups in total. The molecule has 0 aliphatic carbocycles. The van der Waals surface area contributed by atoms with E-state index in [2.05, 4.69) is 41.5 Å². The first-order valence-electron chi connectivity index (χ1n) is 7.12. The van der Waals surface area contributed by atoms with E-state index in [0.29, 0.717) is 6.61 Å². The first-order valence-corrected chi connectivity index (χ1v) is 7.12. The van der Waals surface area contributed by atoms with Gasteiger partial charge in [-0.25, -0.2) is 0 Å². The molecule has 1 aromatic heterocycles. The van der Waals surface area contributed by atoms with Crippen LogP contribution in [-0.2, 0) is 13.0 Å². The number of aromatic nitrogens is 1. The summed E-state index contributed by atoms with van der Waals surface area (Å²) in [5, 5.41) is 3.33. The summed E-state index contributed by atoms with van der Waals surface area (Å²) in [5.41, 5.74) is 3.53. The largest absolute Gasteiger partial charge is 0.487 e. The van der Waals surface area contributed by atoms with Crippen LogP contribution in [0.2, 0.25) is 0 Å². The van der Waals surface area contributed by atoms with Crippen LogP contribution in [0.5, 0.6) is 5.75 Å². The molecule has 3 heteroatoms. The maximum absolute atomic E-state index is 5.71. The van der Waals surface area contributed by atoms with Crippen molar-refractivity contribution >= 4 is 0 Å². The van der Waals surface area contributed by atoms with Gasteiger partial charge < -0.3 is 10.1 Å². The number of aryl methyl sites for hydroxylation is 1. The van der Waals surface area contributed by atoms with Crippen LogP contribution in [0.4, 0.5) is 0 Å². The molecule has 0 saturated heterocycles. The SMILES string of the molecule is CCNCCc1ccc(COc2ccc(C)nc2)cc1. The van der Waals surface area contributed by atoms with Gasteiger partial charge in [0.25, 0.3) is 0 Å². The van der Waals surface area contributed by atoms with Crippen LogP contribution in [0.15, 0.2) is 42.6 Å². The van der Waals surface area contributed by atoms with Crippen molar-refractivity contribution in [2.24, 2.45) is 0 Å². The van der Waals surface area contributed by atoms with E-state index in [-0.39, 0.29) is 0 Å². The Morgan fingerprint density at radius 3 is 2.45 bits per heavy atom. The minimum Gasteiger partial charge on any atom is -0.487 e. The number of nitrogens with zero attached hydrogens (tertiary/aromatic N) is 1. The fourth-order valence-electron chi connectivity index (χ4n) is 1.92. The van der Waals surface area contributed by atoms with Crippen molar-refractivity contribution in [2.45, 2.75) is 26.9 Å². The smallest absolute Gasteiger partial charge is 0.138 e. The number of hydrogen-bond acceptors (Lipinski definition) is 3. The first-order chi connectivity index (χ1) is 9.78. The topological polar surface area (TPSA) is 34.1 Å². The Kier molecular flexibility index (Phi) is 5.56. The molecule has 20 heavy (non-hydrogen) atoms. The molecule has 2 rings (SSSR count). The number of benzene rings is 1. The summed E-state index contributed by atoms with van der Waals surface area (Å²) in [7, 11) is 0. The van der Waals surface area contributed by atoms with Gasteiger partial charge in [-0.15, -0.1) is 0 Å². The van der Waals surface area contributed by atoms with Crippen molar-refractivity contribution in [3.8, 4) is 5.75 Å². The van der Waals surface area contributed by atoms with E-state index in [1.165, 1.54) is 11.1 Å². The molecule has 0 atom stereocenters. The Bertz CT molecular complexity index is 506. The van der Waals surface area contributed by atoms with E-state index in [1.54, 1.807) is 6.20 Å². The second kappa shape index (κ2) is 7.65. The second-order valence-corrected chi connectivity index (χ2v) is 4.84. The lowest BCUT2D eigenvalue weighted by atomic mass is 10.1. The van der Waals surface area contributed by atoms with E-state index in [4.69, 9.17) is 4.74 Å². The van der Waals surface area contributed by atoms with Crippen molar-refractivity contribution in [2.75, 3.05) is 13.1 Å². The van der Waals surface area contributed by atoms with Crippen molar-refractivity contribution in [3.05, 3.63) is 59.4 Å². The minimum atomic E-state index is 0.582. The van der Waals surface area contributed by atoms with Crippen LogP contribution >= 0.6 is 0 Å². The van der Waals surface area contributed by atoms with Crippen molar-refractivity contribution in [3.63, 3.8) is 0 Å². The summed E-state index contributed by atoms with van der Waals surface area (Å²) >= 11 is 0. The Labute approximate surface area is 121 Å². The van der Waals surface area contributed by atoms with E-state index in [9.17, 15) is 0 Å². The van der Waals surface area contributed by atoms with Gasteiger partial charge in [0, 0.05) is 5.69 Å². The zero-order valence-corrected chi connectivity index (χ0v) is 12.2. The zero-order chi connectivity index (χ0) is 14.2. The average Bonchev–Trinajstić information content (AvgIpc) is 2.48. The van der Waals surface area contributed by atoms with Crippen molar-refractivity contribution in [1.82, 2.24) is 10.3 Å². The van der Waals surface area contributed by atoms with Gasteiger partial charge in [-0.1, -0.05) is 31.2 Å². The molecule has 0 spiro atoms. The van der Waals surface area contributed by atoms with E-state index >= 15 is 0 Å². The lowest BCUT2D eigenvalue weighted by Crippen LogP contribution is -2.15. The van der Waals surface area contributed by atoms with E-state index in [1.807, 2.05) is 19.1 Å². The van der Waals surface area contributed by atoms with Crippen LogP contribution in [-0.4, -0.2) is 18.1 Å². The molecular weight excluding hydrogens is 248 g/mol. The number of likely N-dealkylation sites (N-methyl/N-ethyl adjacent to an activating group) is 1. The summed E-state index contributed by atoms with van der Waals surface area (Å²) in [6.07, 6.45) is 2.83. The van der Waals surface area contributed by atoms with Crippen LogP contribution in [0.1, 0.15) is 23.7 Å². The maximum Gasteiger partial charge on any atom is 0.138 e. The first kappa shape index (κ1) is 14.5. The predicted molar refractivity (Wildman–Crippen MR) is 82.0 cm³/mol. The summed E-state index contributed by atoms with van der Waals surface area (Å²) in [6, 6.07) is 12.5. The molecule has 0 amide bonds. The molecule has 1 aromatic carbocycles. The normalized spacial score (nSPS) is 10.5. The molecule has 0 fully saturated rings. The molecular formula is C17H22N2O. The van der Waals surface area contributed by atoms with E-state index < -0.39 is 0 Å². The summed E-state index contributed by atoms with van der Waals surface area (Å²) < 4.78 is 5.71. The molecule has 1 heterocycles. The minimum absolute atomic E-state index is 0.582. The number of nitrogens with one attached hydrogen (secondary N) is 1. The molecule has 0 bridgehead atoms. The lowest BCUT2D eigenvalue weighted by Gasteiger charge is -2.07. The number of pyridine rings is 1. The van der Waals surface area contributed by atoms with Crippen LogP contribution in [0.25, 0.3) is 0 Å². The molecule has 0 aliphatic rings. The highest BCUT2D eigenvalue weighted by atomic mass is 16.5. The fourth-order valence-corrected chi connectivity index (χ4v) is 1.92. The van der Waals surface area contributed by atoms with E-state index in [0.717, 1.165) is 31.0 Å². The van der Waals surface area contributed by atoms with Gasteiger partial charge in [-0.05, 0) is 49.7 Å². The standard InChI is InChI=1S/C17H22N2O/c1-3-18-11-10-15-5-7-16(8-6-15)13-20-17-9-4-14(2)19-12-17/h4-9,12,18H,3,10-11,13H2,1-2H3. The molecule has 2 aromatic rings. The Morgan fingerprint density at radius 2 is 1.80 bits per heavy atom. The van der Waals surface area contributed by atoms with Gasteiger partial charge in [-0.3, -0.25) is 4.98 Å². The summed E-state index contributed by atoms with van der Waals surface area (Å²) in [5.74, 6) is 0.812. The highest BCUT2D eigenvalue weighted by Gasteiger charge is 1.98. The van der Waals surface area contributed by atoms with Gasteiger partial charge in [0.2, 0.25) is 0 Å². The highest BCUT2D eigenvalue weighted by Crippen LogP contribution is 2.12. The van der Waals surface area contributed by atoms with Gasteiger partial charge in [0.05, 0.1) is 6.20 Å². The monoisotopic (exact) mass is 270 g/mol. The fraction of sp³-hybridized carbons (Fsp3) is 0.353. The third-order valence-corrected chi connectivity index (χ3v) is 3.15. The van der Waals surface area contributed by atoms with Gasteiger partial charge in [0.15, 0.2) is 0 Å². The van der Waals surface area contributed by atoms with Crippen LogP contribution in [0.3, 0.4) is 0 Å². The number of hydrogen-bond donors (Lipinski definition) is 1. The van der Waals surface area contributed by atoms with Gasteiger partial charge in [-0.2, -0.15) is 0 Å². The maximum atomic E-state index is 5.71. The Balaban J connectivity index is 1.82. The molecule has 0 saturated carbocycles. The quantitative estimate of drug-likeness (QED) is 0.785. The lowest BCUT2D eigenvalue weighted by molar-refractivity contribution is 0.305. The predicted octanol–water partition coefficient (Wildman–Crippen LogP) is 3.12. The van der Waals surface area contributed by atoms with Crippen LogP contribution in [0, 0.1) is 6.92 Å². The van der Waals surface area contributed by atoms with Crippen molar-refractivity contribution in [1.29, 1.82) is 0 Å². The second-order valence-electron chi connectivity index (χ2n) is 4.84. The number of rotatable bonds is 7. The third-order valence-electron chi connectivity index (χ3n) is 3.15. The molecule has 0 radical (unpaired) electrons. The average molecular weight is 270 g/mol. The summed E-state index contributed by atoms with van der Waals surface area (Å²) in [4.78, 5) is 4.22. The van der Waals surface area contributed by atoms with Gasteiger partial charge in [0.1, 0.15) is 12.4 Å². The number of ether oxygens (including phenoxy) is 1. The zero-order valence-electron chi connectivity index (χ0n) is 12.2. The Hall–Kier alpha value is -1.87. The van der Waals surface area contributed by atoms with Crippen molar-refractivity contribution < 1.29 is 4.74 Å². The van der Waals surface area contributed by atoms with Crippen LogP contribution < -0.4 is 10.1 Å². The highest BCUT2D eigenvalue weighted by molar-refractivity contribution is 5.24.